The standard InChI is InChI=1S/C11H19NO2/c13-9-10-3-1-5-12(7-10)8-11-4-2-6-14-11/h9-11H,1-8H2. The van der Waals surface area contributed by atoms with Crippen molar-refractivity contribution in [2.24, 2.45) is 5.92 Å². The van der Waals surface area contributed by atoms with Crippen molar-refractivity contribution < 1.29 is 9.53 Å². The fourth-order valence-corrected chi connectivity index (χ4v) is 2.44. The van der Waals surface area contributed by atoms with Gasteiger partial charge in [0.1, 0.15) is 6.29 Å². The van der Waals surface area contributed by atoms with Crippen molar-refractivity contribution >= 4 is 6.29 Å². The number of nitrogens with zero attached hydrogens (tertiary/aromatic N) is 1. The summed E-state index contributed by atoms with van der Waals surface area (Å²) in [6.45, 7) is 4.05. The summed E-state index contributed by atoms with van der Waals surface area (Å²) in [6.07, 6.45) is 6.18. The minimum absolute atomic E-state index is 0.269. The first-order chi connectivity index (χ1) is 6.88. The third-order valence-electron chi connectivity index (χ3n) is 3.22. The highest BCUT2D eigenvalue weighted by atomic mass is 16.5. The van der Waals surface area contributed by atoms with Gasteiger partial charge in [-0.1, -0.05) is 0 Å². The summed E-state index contributed by atoms with van der Waals surface area (Å²) in [5, 5.41) is 0. The van der Waals surface area contributed by atoms with Gasteiger partial charge in [0.25, 0.3) is 0 Å². The van der Waals surface area contributed by atoms with Crippen molar-refractivity contribution in [2.75, 3.05) is 26.2 Å². The van der Waals surface area contributed by atoms with E-state index in [0.717, 1.165) is 45.4 Å². The Bertz CT molecular complexity index is 190. The summed E-state index contributed by atoms with van der Waals surface area (Å²) in [4.78, 5) is 13.1. The molecule has 0 amide bonds. The first-order valence-corrected chi connectivity index (χ1v) is 5.68. The van der Waals surface area contributed by atoms with Crippen LogP contribution in [0.15, 0.2) is 0 Å². The van der Waals surface area contributed by atoms with Gasteiger partial charge in [0.15, 0.2) is 0 Å². The number of carbonyl (C=O) groups excluding carboxylic acids is 1. The maximum Gasteiger partial charge on any atom is 0.124 e. The third kappa shape index (κ3) is 2.55. The van der Waals surface area contributed by atoms with E-state index in [1.54, 1.807) is 0 Å². The van der Waals surface area contributed by atoms with E-state index in [1.807, 2.05) is 0 Å². The summed E-state index contributed by atoms with van der Waals surface area (Å²) in [6, 6.07) is 0. The van der Waals surface area contributed by atoms with Crippen molar-refractivity contribution in [3.05, 3.63) is 0 Å². The number of hydrogen-bond donors (Lipinski definition) is 0. The van der Waals surface area contributed by atoms with Crippen LogP contribution in [0.3, 0.4) is 0 Å². The molecule has 0 aromatic carbocycles. The maximum absolute atomic E-state index is 10.7. The fourth-order valence-electron chi connectivity index (χ4n) is 2.44. The van der Waals surface area contributed by atoms with Crippen LogP contribution in [0.2, 0.25) is 0 Å². The Morgan fingerprint density at radius 2 is 2.29 bits per heavy atom. The Labute approximate surface area is 85.4 Å². The first-order valence-electron chi connectivity index (χ1n) is 5.68. The molecule has 2 heterocycles. The van der Waals surface area contributed by atoms with Crippen molar-refractivity contribution in [2.45, 2.75) is 31.8 Å². The molecule has 3 heteroatoms. The zero-order valence-corrected chi connectivity index (χ0v) is 8.65. The molecule has 2 aliphatic heterocycles. The number of aldehydes is 1. The highest BCUT2D eigenvalue weighted by Crippen LogP contribution is 2.18. The molecule has 2 aliphatic rings. The van der Waals surface area contributed by atoms with Crippen molar-refractivity contribution in [3.8, 4) is 0 Å². The zero-order chi connectivity index (χ0) is 9.80. The van der Waals surface area contributed by atoms with E-state index in [0.29, 0.717) is 6.10 Å². The molecule has 2 rings (SSSR count). The molecule has 0 aromatic rings. The van der Waals surface area contributed by atoms with Crippen LogP contribution in [0.25, 0.3) is 0 Å². The number of likely N-dealkylation sites (tertiary alicyclic amines) is 1. The lowest BCUT2D eigenvalue weighted by atomic mass is 9.99. The normalized spacial score (nSPS) is 34.6. The van der Waals surface area contributed by atoms with E-state index < -0.39 is 0 Å². The molecular formula is C11H19NO2. The van der Waals surface area contributed by atoms with Crippen LogP contribution in [0.5, 0.6) is 0 Å². The molecular weight excluding hydrogens is 178 g/mol. The van der Waals surface area contributed by atoms with Crippen molar-refractivity contribution in [3.63, 3.8) is 0 Å². The van der Waals surface area contributed by atoms with Crippen molar-refractivity contribution in [1.82, 2.24) is 4.90 Å². The van der Waals surface area contributed by atoms with Gasteiger partial charge in [-0.25, -0.2) is 0 Å². The minimum atomic E-state index is 0.269. The molecule has 2 saturated heterocycles. The highest BCUT2D eigenvalue weighted by molar-refractivity contribution is 5.53. The van der Waals surface area contributed by atoms with Crippen LogP contribution in [-0.2, 0) is 9.53 Å². The predicted octanol–water partition coefficient (Wildman–Crippen LogP) is 1.08. The number of piperidine rings is 1. The molecule has 2 unspecified atom stereocenters. The van der Waals surface area contributed by atoms with Gasteiger partial charge in [-0.2, -0.15) is 0 Å². The molecule has 0 saturated carbocycles. The summed E-state index contributed by atoms with van der Waals surface area (Å²) in [7, 11) is 0. The summed E-state index contributed by atoms with van der Waals surface area (Å²) >= 11 is 0. The molecule has 0 bridgehead atoms. The van der Waals surface area contributed by atoms with Crippen molar-refractivity contribution in [1.29, 1.82) is 0 Å². The van der Waals surface area contributed by atoms with Gasteiger partial charge in [0.2, 0.25) is 0 Å². The van der Waals surface area contributed by atoms with Gasteiger partial charge in [-0.15, -0.1) is 0 Å². The molecule has 80 valence electrons. The van der Waals surface area contributed by atoms with E-state index in [9.17, 15) is 4.79 Å². The van der Waals surface area contributed by atoms with Crippen LogP contribution < -0.4 is 0 Å². The minimum Gasteiger partial charge on any atom is -0.377 e. The van der Waals surface area contributed by atoms with Crippen LogP contribution in [0.1, 0.15) is 25.7 Å². The smallest absolute Gasteiger partial charge is 0.124 e. The SMILES string of the molecule is O=CC1CCCN(CC2CCCO2)C1. The largest absolute Gasteiger partial charge is 0.377 e. The second-order valence-corrected chi connectivity index (χ2v) is 4.43. The van der Waals surface area contributed by atoms with Gasteiger partial charge in [0.05, 0.1) is 6.10 Å². The van der Waals surface area contributed by atoms with Crippen LogP contribution in [0.4, 0.5) is 0 Å². The van der Waals surface area contributed by atoms with E-state index >= 15 is 0 Å². The zero-order valence-electron chi connectivity index (χ0n) is 8.65. The monoisotopic (exact) mass is 197 g/mol. The van der Waals surface area contributed by atoms with Gasteiger partial charge >= 0.3 is 0 Å². The Morgan fingerprint density at radius 3 is 3.00 bits per heavy atom. The van der Waals surface area contributed by atoms with Crippen LogP contribution in [-0.4, -0.2) is 43.5 Å². The van der Waals surface area contributed by atoms with Gasteiger partial charge in [-0.05, 0) is 32.2 Å². The Morgan fingerprint density at radius 1 is 1.36 bits per heavy atom. The quantitative estimate of drug-likeness (QED) is 0.634. The summed E-state index contributed by atoms with van der Waals surface area (Å²) in [5.74, 6) is 0.269. The van der Waals surface area contributed by atoms with E-state index in [1.165, 1.54) is 12.8 Å². The van der Waals surface area contributed by atoms with E-state index in [2.05, 4.69) is 4.90 Å². The molecule has 0 aliphatic carbocycles. The van der Waals surface area contributed by atoms with Crippen LogP contribution in [0, 0.1) is 5.92 Å². The Balaban J connectivity index is 1.76. The topological polar surface area (TPSA) is 29.5 Å². The van der Waals surface area contributed by atoms with Crippen LogP contribution >= 0.6 is 0 Å². The fraction of sp³-hybridized carbons (Fsp3) is 0.909. The number of ether oxygens (including phenoxy) is 1. The lowest BCUT2D eigenvalue weighted by Gasteiger charge is -2.31. The van der Waals surface area contributed by atoms with Gasteiger partial charge in [-0.3, -0.25) is 0 Å². The predicted molar refractivity (Wildman–Crippen MR) is 54.2 cm³/mol. The van der Waals surface area contributed by atoms with E-state index in [4.69, 9.17) is 4.74 Å². The lowest BCUT2D eigenvalue weighted by molar-refractivity contribution is -0.112. The third-order valence-corrected chi connectivity index (χ3v) is 3.22. The number of carbonyl (C=O) groups is 1. The van der Waals surface area contributed by atoms with E-state index in [-0.39, 0.29) is 5.92 Å². The molecule has 0 N–H and O–H groups in total. The number of rotatable bonds is 3. The first kappa shape index (κ1) is 10.1. The maximum atomic E-state index is 10.7. The molecule has 0 spiro atoms. The van der Waals surface area contributed by atoms with Gasteiger partial charge < -0.3 is 14.4 Å². The molecule has 2 atom stereocenters. The molecule has 0 aromatic heterocycles. The Hall–Kier alpha value is -0.410. The second-order valence-electron chi connectivity index (χ2n) is 4.43. The second kappa shape index (κ2) is 4.89. The summed E-state index contributed by atoms with van der Waals surface area (Å²) in [5.41, 5.74) is 0. The molecule has 2 fully saturated rings. The summed E-state index contributed by atoms with van der Waals surface area (Å²) < 4.78 is 5.59. The Kier molecular flexibility index (Phi) is 3.54. The van der Waals surface area contributed by atoms with Gasteiger partial charge in [0, 0.05) is 25.6 Å². The highest BCUT2D eigenvalue weighted by Gasteiger charge is 2.23. The molecule has 0 radical (unpaired) electrons. The molecule has 14 heavy (non-hydrogen) atoms. The average molecular weight is 197 g/mol. The number of hydrogen-bond acceptors (Lipinski definition) is 3. The molecule has 3 nitrogen and oxygen atoms in total. The lowest BCUT2D eigenvalue weighted by Crippen LogP contribution is -2.40. The average Bonchev–Trinajstić information content (AvgIpc) is 2.71.